The molecule has 13 heavy (non-hydrogen) atoms. The van der Waals surface area contributed by atoms with Crippen molar-refractivity contribution in [2.24, 2.45) is 5.41 Å². The van der Waals surface area contributed by atoms with E-state index >= 15 is 0 Å². The van der Waals surface area contributed by atoms with Gasteiger partial charge in [-0.05, 0) is 38.8 Å². The Labute approximate surface area is 79.2 Å². The fourth-order valence-electron chi connectivity index (χ4n) is 2.86. The van der Waals surface area contributed by atoms with Gasteiger partial charge in [0.25, 0.3) is 0 Å². The zero-order chi connectivity index (χ0) is 9.36. The summed E-state index contributed by atoms with van der Waals surface area (Å²) >= 11 is 0. The molecule has 1 aliphatic carbocycles. The molecule has 0 aromatic rings. The molecule has 3 nitrogen and oxygen atoms in total. The molecular weight excluding hydrogens is 166 g/mol. The quantitative estimate of drug-likeness (QED) is 0.485. The van der Waals surface area contributed by atoms with Gasteiger partial charge in [-0.1, -0.05) is 6.42 Å². The monoisotopic (exact) mass is 185 g/mol. The summed E-state index contributed by atoms with van der Waals surface area (Å²) < 4.78 is 0. The summed E-state index contributed by atoms with van der Waals surface area (Å²) in [4.78, 5) is 0. The van der Waals surface area contributed by atoms with Crippen LogP contribution in [0.1, 0.15) is 38.5 Å². The SMILES string of the molecule is OC1(O)CCCCC12CCNCC2. The molecule has 1 saturated heterocycles. The summed E-state index contributed by atoms with van der Waals surface area (Å²) in [6.45, 7) is 1.87. The first-order chi connectivity index (χ1) is 6.16. The number of nitrogens with one attached hydrogen (secondary N) is 1. The molecule has 1 spiro atoms. The average molecular weight is 185 g/mol. The Morgan fingerprint density at radius 3 is 2.08 bits per heavy atom. The molecule has 2 aliphatic rings. The van der Waals surface area contributed by atoms with Crippen LogP contribution in [0.25, 0.3) is 0 Å². The molecule has 3 N–H and O–H groups in total. The van der Waals surface area contributed by atoms with E-state index in [0.29, 0.717) is 6.42 Å². The van der Waals surface area contributed by atoms with Gasteiger partial charge in [-0.2, -0.15) is 0 Å². The van der Waals surface area contributed by atoms with Crippen molar-refractivity contribution in [2.45, 2.75) is 44.3 Å². The van der Waals surface area contributed by atoms with E-state index in [9.17, 15) is 10.2 Å². The van der Waals surface area contributed by atoms with Gasteiger partial charge < -0.3 is 15.5 Å². The van der Waals surface area contributed by atoms with Crippen molar-refractivity contribution in [3.05, 3.63) is 0 Å². The molecule has 0 radical (unpaired) electrons. The molecular formula is C10H19NO2. The Bertz CT molecular complexity index is 177. The molecule has 76 valence electrons. The number of rotatable bonds is 0. The molecule has 2 fully saturated rings. The largest absolute Gasteiger partial charge is 0.365 e. The lowest BCUT2D eigenvalue weighted by atomic mass is 9.64. The van der Waals surface area contributed by atoms with E-state index in [1.54, 1.807) is 0 Å². The first-order valence-electron chi connectivity index (χ1n) is 5.32. The minimum absolute atomic E-state index is 0.198. The van der Waals surface area contributed by atoms with E-state index in [1.165, 1.54) is 0 Å². The van der Waals surface area contributed by atoms with Gasteiger partial charge in [0.15, 0.2) is 5.79 Å². The predicted octanol–water partition coefficient (Wildman–Crippen LogP) is 0.611. The highest BCUT2D eigenvalue weighted by atomic mass is 16.5. The molecule has 1 saturated carbocycles. The van der Waals surface area contributed by atoms with Crippen molar-refractivity contribution >= 4 is 0 Å². The first-order valence-corrected chi connectivity index (χ1v) is 5.32. The van der Waals surface area contributed by atoms with E-state index in [1.807, 2.05) is 0 Å². The summed E-state index contributed by atoms with van der Waals surface area (Å²) in [5.74, 6) is -1.40. The third kappa shape index (κ3) is 1.49. The van der Waals surface area contributed by atoms with Crippen molar-refractivity contribution in [1.82, 2.24) is 5.32 Å². The zero-order valence-electron chi connectivity index (χ0n) is 8.05. The first kappa shape index (κ1) is 9.44. The highest BCUT2D eigenvalue weighted by molar-refractivity contribution is 4.97. The summed E-state index contributed by atoms with van der Waals surface area (Å²) in [5.41, 5.74) is -0.198. The molecule has 3 heteroatoms. The number of piperidine rings is 1. The Morgan fingerprint density at radius 1 is 0.846 bits per heavy atom. The number of hydrogen-bond donors (Lipinski definition) is 3. The fourth-order valence-corrected chi connectivity index (χ4v) is 2.86. The maximum absolute atomic E-state index is 9.98. The molecule has 0 unspecified atom stereocenters. The van der Waals surface area contributed by atoms with Gasteiger partial charge in [0.05, 0.1) is 0 Å². The molecule has 0 aromatic carbocycles. The second-order valence-electron chi connectivity index (χ2n) is 4.55. The van der Waals surface area contributed by atoms with Crippen molar-refractivity contribution in [3.8, 4) is 0 Å². The Kier molecular flexibility index (Phi) is 2.34. The number of hydrogen-bond acceptors (Lipinski definition) is 3. The third-order valence-corrected chi connectivity index (χ3v) is 3.84. The van der Waals surface area contributed by atoms with Gasteiger partial charge in [-0.3, -0.25) is 0 Å². The molecule has 1 heterocycles. The lowest BCUT2D eigenvalue weighted by Gasteiger charge is -2.49. The van der Waals surface area contributed by atoms with Crippen LogP contribution in [0, 0.1) is 5.41 Å². The van der Waals surface area contributed by atoms with Crippen LogP contribution < -0.4 is 5.32 Å². The normalized spacial score (nSPS) is 31.8. The molecule has 1 aliphatic heterocycles. The lowest BCUT2D eigenvalue weighted by molar-refractivity contribution is -0.268. The standard InChI is InChI=1S/C10H19NO2/c12-10(13)4-2-1-3-9(10)5-7-11-8-6-9/h11-13H,1-8H2. The van der Waals surface area contributed by atoms with Crippen LogP contribution in [0.3, 0.4) is 0 Å². The van der Waals surface area contributed by atoms with Gasteiger partial charge in [0.1, 0.15) is 0 Å². The second-order valence-corrected chi connectivity index (χ2v) is 4.55. The van der Waals surface area contributed by atoms with E-state index in [-0.39, 0.29) is 5.41 Å². The van der Waals surface area contributed by atoms with Crippen LogP contribution in [0.15, 0.2) is 0 Å². The minimum Gasteiger partial charge on any atom is -0.365 e. The van der Waals surface area contributed by atoms with Crippen LogP contribution in [0.4, 0.5) is 0 Å². The Morgan fingerprint density at radius 2 is 1.46 bits per heavy atom. The highest BCUT2D eigenvalue weighted by Gasteiger charge is 2.50. The smallest absolute Gasteiger partial charge is 0.168 e. The predicted molar refractivity (Wildman–Crippen MR) is 50.2 cm³/mol. The van der Waals surface area contributed by atoms with Crippen molar-refractivity contribution in [3.63, 3.8) is 0 Å². The maximum Gasteiger partial charge on any atom is 0.168 e. The van der Waals surface area contributed by atoms with Gasteiger partial charge in [0, 0.05) is 11.8 Å². The van der Waals surface area contributed by atoms with E-state index < -0.39 is 5.79 Å². The minimum atomic E-state index is -1.40. The lowest BCUT2D eigenvalue weighted by Crippen LogP contribution is -2.55. The summed E-state index contributed by atoms with van der Waals surface area (Å²) in [6.07, 6.45) is 5.50. The Hall–Kier alpha value is -0.120. The third-order valence-electron chi connectivity index (χ3n) is 3.84. The topological polar surface area (TPSA) is 52.5 Å². The summed E-state index contributed by atoms with van der Waals surface area (Å²) in [7, 11) is 0. The molecule has 0 atom stereocenters. The highest BCUT2D eigenvalue weighted by Crippen LogP contribution is 2.48. The van der Waals surface area contributed by atoms with E-state index in [4.69, 9.17) is 0 Å². The van der Waals surface area contributed by atoms with Crippen molar-refractivity contribution in [2.75, 3.05) is 13.1 Å². The van der Waals surface area contributed by atoms with Crippen molar-refractivity contribution in [1.29, 1.82) is 0 Å². The van der Waals surface area contributed by atoms with Crippen LogP contribution in [0.5, 0.6) is 0 Å². The fraction of sp³-hybridized carbons (Fsp3) is 1.00. The molecule has 0 aromatic heterocycles. The van der Waals surface area contributed by atoms with Crippen LogP contribution >= 0.6 is 0 Å². The average Bonchev–Trinajstić information content (AvgIpc) is 2.12. The van der Waals surface area contributed by atoms with Crippen LogP contribution in [-0.4, -0.2) is 29.1 Å². The zero-order valence-corrected chi connectivity index (χ0v) is 8.05. The van der Waals surface area contributed by atoms with Crippen molar-refractivity contribution < 1.29 is 10.2 Å². The Balaban J connectivity index is 2.16. The summed E-state index contributed by atoms with van der Waals surface area (Å²) in [5, 5.41) is 23.2. The maximum atomic E-state index is 9.98. The van der Waals surface area contributed by atoms with Gasteiger partial charge >= 0.3 is 0 Å². The molecule has 0 bridgehead atoms. The summed E-state index contributed by atoms with van der Waals surface area (Å²) in [6, 6.07) is 0. The molecule has 2 rings (SSSR count). The van der Waals surface area contributed by atoms with Crippen LogP contribution in [-0.2, 0) is 0 Å². The van der Waals surface area contributed by atoms with E-state index in [2.05, 4.69) is 5.32 Å². The molecule has 0 amide bonds. The van der Waals surface area contributed by atoms with Gasteiger partial charge in [-0.15, -0.1) is 0 Å². The van der Waals surface area contributed by atoms with Gasteiger partial charge in [-0.25, -0.2) is 0 Å². The van der Waals surface area contributed by atoms with Crippen LogP contribution in [0.2, 0.25) is 0 Å². The second kappa shape index (κ2) is 3.23. The number of aliphatic hydroxyl groups is 2. The van der Waals surface area contributed by atoms with E-state index in [0.717, 1.165) is 45.2 Å². The van der Waals surface area contributed by atoms with Gasteiger partial charge in [0.2, 0.25) is 0 Å².